The number of ether oxygens (including phenoxy) is 3. The van der Waals surface area contributed by atoms with Crippen molar-refractivity contribution < 1.29 is 14.2 Å². The molecule has 1 aromatic carbocycles. The highest BCUT2D eigenvalue weighted by Gasteiger charge is 2.25. The Morgan fingerprint density at radius 3 is 1.50 bits per heavy atom. The van der Waals surface area contributed by atoms with Crippen molar-refractivity contribution in [2.24, 2.45) is 0 Å². The van der Waals surface area contributed by atoms with Gasteiger partial charge in [-0.05, 0) is 54.4 Å². The van der Waals surface area contributed by atoms with Gasteiger partial charge in [-0.3, -0.25) is 0 Å². The maximum Gasteiger partial charge on any atom is 0.127 e. The molecule has 0 spiro atoms. The second kappa shape index (κ2) is 5.19. The van der Waals surface area contributed by atoms with Crippen molar-refractivity contribution in [3.63, 3.8) is 0 Å². The molecule has 0 radical (unpaired) electrons. The minimum Gasteiger partial charge on any atom is -0.490 e. The van der Waals surface area contributed by atoms with Crippen LogP contribution in [0.5, 0.6) is 17.2 Å². The summed E-state index contributed by atoms with van der Waals surface area (Å²) in [5, 5.41) is 0. The van der Waals surface area contributed by atoms with E-state index in [1.807, 2.05) is 59.7 Å². The van der Waals surface area contributed by atoms with E-state index in [-0.39, 0.29) is 11.2 Å². The van der Waals surface area contributed by atoms with Crippen LogP contribution in [-0.2, 0) is 0 Å². The predicted octanol–water partition coefficient (Wildman–Crippen LogP) is 4.58. The van der Waals surface area contributed by atoms with Crippen molar-refractivity contribution in [1.82, 2.24) is 0 Å². The minimum atomic E-state index is -0.239. The highest BCUT2D eigenvalue weighted by atomic mass is 16.5. The van der Waals surface area contributed by atoms with E-state index in [4.69, 9.17) is 14.2 Å². The Kier molecular flexibility index (Phi) is 3.90. The molecule has 20 heavy (non-hydrogen) atoms. The first-order valence-corrected chi connectivity index (χ1v) is 7.30. The van der Waals surface area contributed by atoms with Crippen molar-refractivity contribution in [3.05, 3.63) is 18.2 Å². The van der Waals surface area contributed by atoms with Gasteiger partial charge in [-0.15, -0.1) is 0 Å². The molecule has 0 heterocycles. The van der Waals surface area contributed by atoms with Gasteiger partial charge in [-0.25, -0.2) is 0 Å². The van der Waals surface area contributed by atoms with Crippen LogP contribution in [0, 0.1) is 0 Å². The molecule has 0 aliphatic heterocycles. The Morgan fingerprint density at radius 2 is 1.15 bits per heavy atom. The summed E-state index contributed by atoms with van der Waals surface area (Å²) in [5.74, 6) is 2.40. The molecule has 3 nitrogen and oxygen atoms in total. The van der Waals surface area contributed by atoms with E-state index in [0.717, 1.165) is 30.1 Å². The molecule has 0 unspecified atom stereocenters. The molecule has 1 aliphatic carbocycles. The number of rotatable bonds is 4. The molecular weight excluding hydrogens is 252 g/mol. The van der Waals surface area contributed by atoms with Gasteiger partial charge in [0.2, 0.25) is 0 Å². The van der Waals surface area contributed by atoms with Gasteiger partial charge in [0, 0.05) is 18.2 Å². The van der Waals surface area contributed by atoms with Gasteiger partial charge in [-0.1, -0.05) is 0 Å². The van der Waals surface area contributed by atoms with E-state index >= 15 is 0 Å². The molecule has 0 amide bonds. The lowest BCUT2D eigenvalue weighted by molar-refractivity contribution is 0.120. The maximum atomic E-state index is 5.94. The lowest BCUT2D eigenvalue weighted by Crippen LogP contribution is -2.24. The number of hydrogen-bond donors (Lipinski definition) is 0. The van der Waals surface area contributed by atoms with E-state index in [0.29, 0.717) is 6.10 Å². The van der Waals surface area contributed by atoms with Crippen molar-refractivity contribution in [3.8, 4) is 17.2 Å². The molecule has 0 saturated heterocycles. The highest BCUT2D eigenvalue weighted by molar-refractivity contribution is 5.42. The smallest absolute Gasteiger partial charge is 0.127 e. The van der Waals surface area contributed by atoms with Gasteiger partial charge >= 0.3 is 0 Å². The second-order valence-electron chi connectivity index (χ2n) is 7.39. The predicted molar refractivity (Wildman–Crippen MR) is 80.9 cm³/mol. The monoisotopic (exact) mass is 278 g/mol. The largest absolute Gasteiger partial charge is 0.490 e. The fraction of sp³-hybridized carbons (Fsp3) is 0.647. The Morgan fingerprint density at radius 1 is 0.750 bits per heavy atom. The Labute approximate surface area is 122 Å². The zero-order chi connectivity index (χ0) is 15.0. The Bertz CT molecular complexity index is 428. The van der Waals surface area contributed by atoms with Gasteiger partial charge in [-0.2, -0.15) is 0 Å². The number of benzene rings is 1. The van der Waals surface area contributed by atoms with Crippen LogP contribution in [0.15, 0.2) is 18.2 Å². The van der Waals surface area contributed by atoms with Crippen molar-refractivity contribution in [2.75, 3.05) is 0 Å². The van der Waals surface area contributed by atoms with Gasteiger partial charge < -0.3 is 14.2 Å². The molecular formula is C17H26O3. The molecule has 1 fully saturated rings. The average molecular weight is 278 g/mol. The topological polar surface area (TPSA) is 27.7 Å². The van der Waals surface area contributed by atoms with Gasteiger partial charge in [0.25, 0.3) is 0 Å². The summed E-state index contributed by atoms with van der Waals surface area (Å²) in [6.07, 6.45) is 2.64. The Hall–Kier alpha value is -1.38. The van der Waals surface area contributed by atoms with Crippen LogP contribution < -0.4 is 14.2 Å². The fourth-order valence-corrected chi connectivity index (χ4v) is 1.82. The van der Waals surface area contributed by atoms with Gasteiger partial charge in [0.15, 0.2) is 0 Å². The third-order valence-corrected chi connectivity index (χ3v) is 2.53. The third-order valence-electron chi connectivity index (χ3n) is 2.53. The SMILES string of the molecule is CC(C)(C)Oc1cc(OC2CC2)cc(OC(C)(C)C)c1. The lowest BCUT2D eigenvalue weighted by Gasteiger charge is -2.25. The van der Waals surface area contributed by atoms with Crippen molar-refractivity contribution >= 4 is 0 Å². The third kappa shape index (κ3) is 5.32. The maximum absolute atomic E-state index is 5.94. The highest BCUT2D eigenvalue weighted by Crippen LogP contribution is 2.35. The molecule has 0 atom stereocenters. The zero-order valence-corrected chi connectivity index (χ0v) is 13.4. The van der Waals surface area contributed by atoms with Crippen LogP contribution in [0.2, 0.25) is 0 Å². The first-order valence-electron chi connectivity index (χ1n) is 7.30. The van der Waals surface area contributed by atoms with Crippen molar-refractivity contribution in [1.29, 1.82) is 0 Å². The molecule has 1 saturated carbocycles. The number of hydrogen-bond acceptors (Lipinski definition) is 3. The van der Waals surface area contributed by atoms with E-state index in [1.54, 1.807) is 0 Å². The minimum absolute atomic E-state index is 0.239. The van der Waals surface area contributed by atoms with Crippen LogP contribution in [-0.4, -0.2) is 17.3 Å². The van der Waals surface area contributed by atoms with Crippen LogP contribution in [0.1, 0.15) is 54.4 Å². The first kappa shape index (κ1) is 15.0. The summed E-state index contributed by atoms with van der Waals surface area (Å²) in [4.78, 5) is 0. The molecule has 1 aromatic rings. The summed E-state index contributed by atoms with van der Waals surface area (Å²) >= 11 is 0. The van der Waals surface area contributed by atoms with E-state index in [1.165, 1.54) is 0 Å². The molecule has 0 aromatic heterocycles. The normalized spacial score (nSPS) is 15.9. The summed E-state index contributed by atoms with van der Waals surface area (Å²) in [5.41, 5.74) is -0.478. The summed E-state index contributed by atoms with van der Waals surface area (Å²) < 4.78 is 17.8. The van der Waals surface area contributed by atoms with Crippen LogP contribution in [0.3, 0.4) is 0 Å². The molecule has 0 bridgehead atoms. The molecule has 0 N–H and O–H groups in total. The average Bonchev–Trinajstić information content (AvgIpc) is 2.94. The van der Waals surface area contributed by atoms with E-state index in [9.17, 15) is 0 Å². The molecule has 2 rings (SSSR count). The van der Waals surface area contributed by atoms with E-state index in [2.05, 4.69) is 0 Å². The molecule has 3 heteroatoms. The van der Waals surface area contributed by atoms with Gasteiger partial charge in [0.05, 0.1) is 6.10 Å². The summed E-state index contributed by atoms with van der Waals surface area (Å²) in [6.45, 7) is 12.2. The van der Waals surface area contributed by atoms with Crippen LogP contribution >= 0.6 is 0 Å². The van der Waals surface area contributed by atoms with Gasteiger partial charge in [0.1, 0.15) is 28.5 Å². The zero-order valence-electron chi connectivity index (χ0n) is 13.4. The second-order valence-corrected chi connectivity index (χ2v) is 7.39. The standard InChI is InChI=1S/C17H26O3/c1-16(2,3)19-14-9-13(18-12-7-8-12)10-15(11-14)20-17(4,5)6/h9-12H,7-8H2,1-6H3. The quantitative estimate of drug-likeness (QED) is 0.806. The summed E-state index contributed by atoms with van der Waals surface area (Å²) in [7, 11) is 0. The van der Waals surface area contributed by atoms with Crippen LogP contribution in [0.4, 0.5) is 0 Å². The molecule has 112 valence electrons. The molecule has 1 aliphatic rings. The van der Waals surface area contributed by atoms with Crippen LogP contribution in [0.25, 0.3) is 0 Å². The van der Waals surface area contributed by atoms with E-state index < -0.39 is 0 Å². The lowest BCUT2D eigenvalue weighted by atomic mass is 10.1. The Balaban J connectivity index is 2.22. The first-order chi connectivity index (χ1) is 9.11. The van der Waals surface area contributed by atoms with Crippen molar-refractivity contribution in [2.45, 2.75) is 71.7 Å². The fourth-order valence-electron chi connectivity index (χ4n) is 1.82. The summed E-state index contributed by atoms with van der Waals surface area (Å²) in [6, 6.07) is 5.81.